The van der Waals surface area contributed by atoms with Gasteiger partial charge in [0.2, 0.25) is 5.91 Å². The van der Waals surface area contributed by atoms with Gasteiger partial charge in [-0.3, -0.25) is 9.59 Å². The van der Waals surface area contributed by atoms with Crippen LogP contribution in [0.4, 0.5) is 11.4 Å². The first-order valence-electron chi connectivity index (χ1n) is 10.4. The van der Waals surface area contributed by atoms with Gasteiger partial charge in [0.25, 0.3) is 5.91 Å². The van der Waals surface area contributed by atoms with Crippen LogP contribution in [0, 0.1) is 0 Å². The molecule has 2 N–H and O–H groups in total. The lowest BCUT2D eigenvalue weighted by molar-refractivity contribution is -0.111. The summed E-state index contributed by atoms with van der Waals surface area (Å²) in [6.45, 7) is 1.93. The van der Waals surface area contributed by atoms with Crippen LogP contribution in [-0.4, -0.2) is 30.9 Å². The van der Waals surface area contributed by atoms with Crippen LogP contribution in [0.15, 0.2) is 54.6 Å². The van der Waals surface area contributed by atoms with E-state index in [1.54, 1.807) is 12.1 Å². The maximum absolute atomic E-state index is 12.8. The molecule has 29 heavy (non-hydrogen) atoms. The Balaban J connectivity index is 1.51. The molecule has 5 nitrogen and oxygen atoms in total. The number of anilines is 2. The Morgan fingerprint density at radius 1 is 0.966 bits per heavy atom. The van der Waals surface area contributed by atoms with Crippen LogP contribution < -0.4 is 15.5 Å². The number of carbonyl (C=O) groups excluding carboxylic acids is 2. The van der Waals surface area contributed by atoms with Gasteiger partial charge in [-0.15, -0.1) is 0 Å². The van der Waals surface area contributed by atoms with Gasteiger partial charge in [-0.1, -0.05) is 30.3 Å². The van der Waals surface area contributed by atoms with Crippen molar-refractivity contribution in [3.63, 3.8) is 0 Å². The largest absolute Gasteiger partial charge is 0.371 e. The molecule has 1 aliphatic heterocycles. The van der Waals surface area contributed by atoms with E-state index in [2.05, 4.69) is 15.5 Å². The van der Waals surface area contributed by atoms with Crippen molar-refractivity contribution in [3.05, 3.63) is 65.7 Å². The van der Waals surface area contributed by atoms with Gasteiger partial charge in [0.1, 0.15) is 0 Å². The average Bonchev–Trinajstić information content (AvgIpc) is 3.57. The zero-order valence-corrected chi connectivity index (χ0v) is 16.6. The van der Waals surface area contributed by atoms with Crippen molar-refractivity contribution in [2.75, 3.05) is 23.3 Å². The second-order valence-corrected chi connectivity index (χ2v) is 7.76. The Morgan fingerprint density at radius 3 is 2.45 bits per heavy atom. The molecular formula is C24H27N3O2. The fraction of sp³-hybridized carbons (Fsp3) is 0.333. The van der Waals surface area contributed by atoms with Gasteiger partial charge in [-0.05, 0) is 61.9 Å². The van der Waals surface area contributed by atoms with Gasteiger partial charge in [0.05, 0.1) is 5.56 Å². The van der Waals surface area contributed by atoms with Crippen LogP contribution in [-0.2, 0) is 4.79 Å². The van der Waals surface area contributed by atoms with Crippen LogP contribution in [0.3, 0.4) is 0 Å². The quantitative estimate of drug-likeness (QED) is 0.727. The third kappa shape index (κ3) is 5.25. The van der Waals surface area contributed by atoms with E-state index in [9.17, 15) is 9.59 Å². The molecule has 150 valence electrons. The van der Waals surface area contributed by atoms with Gasteiger partial charge >= 0.3 is 0 Å². The minimum atomic E-state index is -0.215. The summed E-state index contributed by atoms with van der Waals surface area (Å²) in [7, 11) is 0. The van der Waals surface area contributed by atoms with Gasteiger partial charge in [-0.2, -0.15) is 0 Å². The Hall–Kier alpha value is -3.08. The summed E-state index contributed by atoms with van der Waals surface area (Å²) in [6.07, 6.45) is 8.91. The van der Waals surface area contributed by atoms with E-state index in [0.717, 1.165) is 50.0 Å². The monoisotopic (exact) mass is 389 g/mol. The standard InChI is InChI=1S/C24H27N3O2/c28-23(14-9-18-7-3-1-4-8-18)25-20-12-13-22(27-15-5-2-6-16-27)21(17-20)24(29)26-19-10-11-19/h1,3-4,7-9,12-14,17,19H,2,5-6,10-11,15-16H2,(H,25,28)(H,26,29). The van der Waals surface area contributed by atoms with Crippen LogP contribution in [0.5, 0.6) is 0 Å². The third-order valence-electron chi connectivity index (χ3n) is 5.34. The molecule has 4 rings (SSSR count). The number of rotatable bonds is 6. The van der Waals surface area contributed by atoms with E-state index < -0.39 is 0 Å². The first kappa shape index (κ1) is 19.2. The fourth-order valence-electron chi connectivity index (χ4n) is 3.62. The van der Waals surface area contributed by atoms with Gasteiger partial charge < -0.3 is 15.5 Å². The SMILES string of the molecule is O=C(C=Cc1ccccc1)Nc1ccc(N2CCCCC2)c(C(=O)NC2CC2)c1. The maximum atomic E-state index is 12.8. The van der Waals surface area contributed by atoms with E-state index in [-0.39, 0.29) is 11.8 Å². The highest BCUT2D eigenvalue weighted by atomic mass is 16.2. The second kappa shape index (κ2) is 8.95. The minimum Gasteiger partial charge on any atom is -0.371 e. The average molecular weight is 389 g/mol. The third-order valence-corrected chi connectivity index (χ3v) is 5.34. The summed E-state index contributed by atoms with van der Waals surface area (Å²) in [4.78, 5) is 27.5. The van der Waals surface area contributed by atoms with Crippen molar-refractivity contribution in [1.82, 2.24) is 5.32 Å². The zero-order valence-electron chi connectivity index (χ0n) is 16.6. The van der Waals surface area contributed by atoms with Gasteiger partial charge in [0, 0.05) is 36.6 Å². The van der Waals surface area contributed by atoms with Crippen molar-refractivity contribution in [3.8, 4) is 0 Å². The number of piperidine rings is 1. The lowest BCUT2D eigenvalue weighted by Crippen LogP contribution is -2.33. The highest BCUT2D eigenvalue weighted by Crippen LogP contribution is 2.28. The topological polar surface area (TPSA) is 61.4 Å². The molecule has 2 fully saturated rings. The molecule has 1 aliphatic carbocycles. The predicted molar refractivity (Wildman–Crippen MR) is 117 cm³/mol. The highest BCUT2D eigenvalue weighted by Gasteiger charge is 2.26. The highest BCUT2D eigenvalue weighted by molar-refractivity contribution is 6.05. The van der Waals surface area contributed by atoms with Crippen molar-refractivity contribution in [1.29, 1.82) is 0 Å². The number of nitrogens with one attached hydrogen (secondary N) is 2. The molecule has 2 aliphatic rings. The van der Waals surface area contributed by atoms with E-state index in [0.29, 0.717) is 17.3 Å². The molecule has 2 aromatic rings. The molecule has 1 heterocycles. The lowest BCUT2D eigenvalue weighted by Gasteiger charge is -2.30. The van der Waals surface area contributed by atoms with Crippen LogP contribution in [0.25, 0.3) is 6.08 Å². The van der Waals surface area contributed by atoms with Crippen LogP contribution in [0.2, 0.25) is 0 Å². The smallest absolute Gasteiger partial charge is 0.253 e. The molecule has 0 bridgehead atoms. The molecule has 0 aromatic heterocycles. The number of carbonyl (C=O) groups is 2. The molecule has 2 amide bonds. The molecule has 2 aromatic carbocycles. The van der Waals surface area contributed by atoms with Crippen LogP contribution in [0.1, 0.15) is 48.0 Å². The van der Waals surface area contributed by atoms with E-state index in [1.165, 1.54) is 12.5 Å². The summed E-state index contributed by atoms with van der Waals surface area (Å²) in [6, 6.07) is 15.6. The molecule has 0 unspecified atom stereocenters. The molecule has 0 atom stereocenters. The second-order valence-electron chi connectivity index (χ2n) is 7.76. The Labute approximate surface area is 171 Å². The Morgan fingerprint density at radius 2 is 1.72 bits per heavy atom. The number of hydrogen-bond donors (Lipinski definition) is 2. The molecule has 1 saturated heterocycles. The molecule has 0 spiro atoms. The summed E-state index contributed by atoms with van der Waals surface area (Å²) in [5.74, 6) is -0.267. The van der Waals surface area contributed by atoms with Crippen molar-refractivity contribution >= 4 is 29.3 Å². The van der Waals surface area contributed by atoms with E-state index in [4.69, 9.17) is 0 Å². The number of benzene rings is 2. The molecule has 1 saturated carbocycles. The fourth-order valence-corrected chi connectivity index (χ4v) is 3.62. The zero-order chi connectivity index (χ0) is 20.1. The summed E-state index contributed by atoms with van der Waals surface area (Å²) in [5, 5.41) is 5.97. The van der Waals surface area contributed by atoms with Crippen molar-refractivity contribution in [2.24, 2.45) is 0 Å². The molecule has 0 radical (unpaired) electrons. The summed E-state index contributed by atoms with van der Waals surface area (Å²) in [5.41, 5.74) is 3.20. The Bertz CT molecular complexity index is 898. The van der Waals surface area contributed by atoms with E-state index >= 15 is 0 Å². The number of amides is 2. The first-order chi connectivity index (χ1) is 14.2. The maximum Gasteiger partial charge on any atom is 0.253 e. The molecule has 5 heteroatoms. The summed E-state index contributed by atoms with van der Waals surface area (Å²) >= 11 is 0. The van der Waals surface area contributed by atoms with Crippen molar-refractivity contribution in [2.45, 2.75) is 38.1 Å². The molecular weight excluding hydrogens is 362 g/mol. The first-order valence-corrected chi connectivity index (χ1v) is 10.4. The lowest BCUT2D eigenvalue weighted by atomic mass is 10.1. The minimum absolute atomic E-state index is 0.0519. The van der Waals surface area contributed by atoms with Gasteiger partial charge in [-0.25, -0.2) is 0 Å². The normalized spacial score (nSPS) is 16.6. The summed E-state index contributed by atoms with van der Waals surface area (Å²) < 4.78 is 0. The number of hydrogen-bond acceptors (Lipinski definition) is 3. The van der Waals surface area contributed by atoms with Crippen LogP contribution >= 0.6 is 0 Å². The van der Waals surface area contributed by atoms with Gasteiger partial charge in [0.15, 0.2) is 0 Å². The predicted octanol–water partition coefficient (Wildman–Crippen LogP) is 4.22. The van der Waals surface area contributed by atoms with Crippen molar-refractivity contribution < 1.29 is 9.59 Å². The number of nitrogens with zero attached hydrogens (tertiary/aromatic N) is 1. The van der Waals surface area contributed by atoms with E-state index in [1.807, 2.05) is 42.5 Å². The Kier molecular flexibility index (Phi) is 5.94.